The van der Waals surface area contributed by atoms with Crippen LogP contribution in [-0.4, -0.2) is 34.2 Å². The molecule has 0 bridgehead atoms. The van der Waals surface area contributed by atoms with Gasteiger partial charge in [-0.2, -0.15) is 0 Å². The zero-order valence-electron chi connectivity index (χ0n) is 14.6. The van der Waals surface area contributed by atoms with Crippen LogP contribution in [0.3, 0.4) is 0 Å². The summed E-state index contributed by atoms with van der Waals surface area (Å²) in [7, 11) is 0. The first-order valence-electron chi connectivity index (χ1n) is 8.30. The summed E-state index contributed by atoms with van der Waals surface area (Å²) < 4.78 is 0. The number of amides is 2. The Hall–Kier alpha value is -2.11. The molecule has 0 aliphatic heterocycles. The second-order valence-corrected chi connectivity index (χ2v) is 6.47. The highest BCUT2D eigenvalue weighted by molar-refractivity contribution is 6.30. The number of aromatic nitrogens is 1. The lowest BCUT2D eigenvalue weighted by atomic mass is 10.1. The van der Waals surface area contributed by atoms with Gasteiger partial charge in [0.2, 0.25) is 0 Å². The van der Waals surface area contributed by atoms with Gasteiger partial charge in [-0.1, -0.05) is 29.8 Å². The van der Waals surface area contributed by atoms with E-state index in [1.165, 1.54) is 0 Å². The van der Waals surface area contributed by atoms with Gasteiger partial charge in [0.1, 0.15) is 0 Å². The number of carbonyl (C=O) groups is 1. The second-order valence-electron chi connectivity index (χ2n) is 6.03. The number of nitrogens with one attached hydrogen (secondary N) is 1. The normalized spacial score (nSPS) is 10.6. The van der Waals surface area contributed by atoms with E-state index in [-0.39, 0.29) is 12.6 Å². The lowest BCUT2D eigenvalue weighted by Gasteiger charge is -2.23. The van der Waals surface area contributed by atoms with E-state index < -0.39 is 0 Å². The van der Waals surface area contributed by atoms with Crippen LogP contribution in [0.5, 0.6) is 0 Å². The molecule has 0 saturated heterocycles. The lowest BCUT2D eigenvalue weighted by Crippen LogP contribution is -2.40. The molecular formula is C19H24ClN3O2. The fraction of sp³-hybridized carbons (Fsp3) is 0.368. The summed E-state index contributed by atoms with van der Waals surface area (Å²) in [5, 5.41) is 12.7. The van der Waals surface area contributed by atoms with Crippen molar-refractivity contribution in [2.45, 2.75) is 33.4 Å². The molecule has 134 valence electrons. The molecule has 2 N–H and O–H groups in total. The van der Waals surface area contributed by atoms with Crippen molar-refractivity contribution in [2.75, 3.05) is 13.2 Å². The molecule has 25 heavy (non-hydrogen) atoms. The van der Waals surface area contributed by atoms with Crippen molar-refractivity contribution in [1.29, 1.82) is 0 Å². The van der Waals surface area contributed by atoms with Gasteiger partial charge >= 0.3 is 6.03 Å². The lowest BCUT2D eigenvalue weighted by molar-refractivity contribution is 0.186. The minimum atomic E-state index is -0.165. The van der Waals surface area contributed by atoms with Crippen molar-refractivity contribution >= 4 is 17.6 Å². The van der Waals surface area contributed by atoms with E-state index in [1.807, 2.05) is 32.0 Å². The van der Waals surface area contributed by atoms with Crippen LogP contribution in [0.1, 0.15) is 28.8 Å². The number of aliphatic hydroxyl groups excluding tert-OH is 1. The van der Waals surface area contributed by atoms with Crippen LogP contribution in [-0.2, 0) is 13.1 Å². The summed E-state index contributed by atoms with van der Waals surface area (Å²) in [6.07, 6.45) is 2.31. The SMILES string of the molecule is Cc1cc(CNC(=O)N(CCCO)Cc2ccc(Cl)cc2)cnc1C. The van der Waals surface area contributed by atoms with Crippen LogP contribution in [0.25, 0.3) is 0 Å². The van der Waals surface area contributed by atoms with Crippen LogP contribution < -0.4 is 5.32 Å². The molecule has 5 nitrogen and oxygen atoms in total. The van der Waals surface area contributed by atoms with Crippen molar-refractivity contribution in [2.24, 2.45) is 0 Å². The third-order valence-corrected chi connectivity index (χ3v) is 4.25. The van der Waals surface area contributed by atoms with Crippen LogP contribution in [0, 0.1) is 13.8 Å². The highest BCUT2D eigenvalue weighted by atomic mass is 35.5. The predicted molar refractivity (Wildman–Crippen MR) is 99.5 cm³/mol. The van der Waals surface area contributed by atoms with E-state index in [0.29, 0.717) is 31.1 Å². The highest BCUT2D eigenvalue weighted by Gasteiger charge is 2.13. The quantitative estimate of drug-likeness (QED) is 0.793. The number of rotatable bonds is 7. The molecule has 1 aromatic carbocycles. The zero-order chi connectivity index (χ0) is 18.2. The number of hydrogen-bond acceptors (Lipinski definition) is 3. The van der Waals surface area contributed by atoms with Crippen molar-refractivity contribution < 1.29 is 9.90 Å². The summed E-state index contributed by atoms with van der Waals surface area (Å²) in [5.74, 6) is 0. The summed E-state index contributed by atoms with van der Waals surface area (Å²) in [5.41, 5.74) is 4.04. The van der Waals surface area contributed by atoms with Crippen molar-refractivity contribution in [3.05, 3.63) is 63.9 Å². The van der Waals surface area contributed by atoms with E-state index in [2.05, 4.69) is 10.3 Å². The number of urea groups is 1. The molecule has 0 radical (unpaired) electrons. The maximum absolute atomic E-state index is 12.5. The second kappa shape index (κ2) is 9.39. The number of halogens is 1. The van der Waals surface area contributed by atoms with Crippen LogP contribution in [0.15, 0.2) is 36.5 Å². The van der Waals surface area contributed by atoms with Gasteiger partial charge in [-0.15, -0.1) is 0 Å². The van der Waals surface area contributed by atoms with Crippen molar-refractivity contribution in [3.8, 4) is 0 Å². The largest absolute Gasteiger partial charge is 0.396 e. The van der Waals surface area contributed by atoms with Crippen molar-refractivity contribution in [1.82, 2.24) is 15.2 Å². The molecular weight excluding hydrogens is 338 g/mol. The Labute approximate surface area is 153 Å². The molecule has 0 atom stereocenters. The number of aryl methyl sites for hydroxylation is 2. The minimum absolute atomic E-state index is 0.0471. The molecule has 2 aromatic rings. The number of pyridine rings is 1. The first kappa shape index (κ1) is 19.2. The topological polar surface area (TPSA) is 65.5 Å². The van der Waals surface area contributed by atoms with E-state index in [9.17, 15) is 4.79 Å². The van der Waals surface area contributed by atoms with Crippen LogP contribution in [0.2, 0.25) is 5.02 Å². The molecule has 0 aliphatic rings. The third kappa shape index (κ3) is 6.03. The molecule has 6 heteroatoms. The molecule has 1 heterocycles. The van der Waals surface area contributed by atoms with E-state index in [1.54, 1.807) is 23.2 Å². The third-order valence-electron chi connectivity index (χ3n) is 4.00. The van der Waals surface area contributed by atoms with Gasteiger partial charge < -0.3 is 15.3 Å². The average molecular weight is 362 g/mol. The maximum atomic E-state index is 12.5. The van der Waals surface area contributed by atoms with Gasteiger partial charge in [-0.25, -0.2) is 4.79 Å². The number of benzene rings is 1. The van der Waals surface area contributed by atoms with E-state index >= 15 is 0 Å². The number of carbonyl (C=O) groups excluding carboxylic acids is 1. The van der Waals surface area contributed by atoms with Crippen LogP contribution >= 0.6 is 11.6 Å². The minimum Gasteiger partial charge on any atom is -0.396 e. The molecule has 1 aromatic heterocycles. The predicted octanol–water partition coefficient (Wildman–Crippen LogP) is 3.45. The van der Waals surface area contributed by atoms with Crippen molar-refractivity contribution in [3.63, 3.8) is 0 Å². The molecule has 2 amide bonds. The summed E-state index contributed by atoms with van der Waals surface area (Å²) in [4.78, 5) is 18.5. The standard InChI is InChI=1S/C19H24ClN3O2/c1-14-10-17(11-21-15(14)2)12-22-19(25)23(8-3-9-24)13-16-4-6-18(20)7-5-16/h4-7,10-11,24H,3,8-9,12-13H2,1-2H3,(H,22,25). The Morgan fingerprint density at radius 3 is 2.60 bits per heavy atom. The smallest absolute Gasteiger partial charge is 0.317 e. The fourth-order valence-corrected chi connectivity index (χ4v) is 2.54. The fourth-order valence-electron chi connectivity index (χ4n) is 2.41. The van der Waals surface area contributed by atoms with Gasteiger partial charge in [0.05, 0.1) is 0 Å². The Morgan fingerprint density at radius 1 is 1.24 bits per heavy atom. The van der Waals surface area contributed by atoms with Gasteiger partial charge in [0.15, 0.2) is 0 Å². The van der Waals surface area contributed by atoms with Gasteiger partial charge in [0.25, 0.3) is 0 Å². The zero-order valence-corrected chi connectivity index (χ0v) is 15.4. The first-order valence-corrected chi connectivity index (χ1v) is 8.67. The number of hydrogen-bond donors (Lipinski definition) is 2. The first-order chi connectivity index (χ1) is 12.0. The number of aliphatic hydroxyl groups is 1. The Balaban J connectivity index is 1.99. The molecule has 0 unspecified atom stereocenters. The van der Waals surface area contributed by atoms with Gasteiger partial charge in [-0.05, 0) is 49.1 Å². The van der Waals surface area contributed by atoms with Crippen LogP contribution in [0.4, 0.5) is 4.79 Å². The highest BCUT2D eigenvalue weighted by Crippen LogP contribution is 2.12. The Kier molecular flexibility index (Phi) is 7.22. The molecule has 0 saturated carbocycles. The van der Waals surface area contributed by atoms with E-state index in [4.69, 9.17) is 16.7 Å². The Bertz CT molecular complexity index is 704. The molecule has 2 rings (SSSR count). The van der Waals surface area contributed by atoms with Gasteiger partial charge in [-0.3, -0.25) is 4.98 Å². The monoisotopic (exact) mass is 361 g/mol. The van der Waals surface area contributed by atoms with E-state index in [0.717, 1.165) is 22.4 Å². The Morgan fingerprint density at radius 2 is 1.96 bits per heavy atom. The summed E-state index contributed by atoms with van der Waals surface area (Å²) in [6, 6.07) is 9.27. The summed E-state index contributed by atoms with van der Waals surface area (Å²) in [6.45, 7) is 5.38. The number of nitrogens with zero attached hydrogens (tertiary/aromatic N) is 2. The average Bonchev–Trinajstić information content (AvgIpc) is 2.61. The maximum Gasteiger partial charge on any atom is 0.317 e. The molecule has 0 fully saturated rings. The summed E-state index contributed by atoms with van der Waals surface area (Å²) >= 11 is 5.90. The molecule has 0 aliphatic carbocycles. The van der Waals surface area contributed by atoms with Gasteiger partial charge in [0, 0.05) is 43.2 Å². The molecule has 0 spiro atoms.